The Balaban J connectivity index is 1.20. The smallest absolute Gasteiger partial charge is 0.306 e. The van der Waals surface area contributed by atoms with E-state index in [9.17, 15) is 9.59 Å². The number of hydrogen-bond acceptors (Lipinski definition) is 11. The summed E-state index contributed by atoms with van der Waals surface area (Å²) in [6.45, 7) is 10.7. The highest BCUT2D eigenvalue weighted by Gasteiger charge is 2.53. The van der Waals surface area contributed by atoms with Crippen LogP contribution in [0, 0.1) is 35.5 Å². The standard InChI is InChI=1S/C42H67NO10/c1-10-27-13-12-14-35(53-37-18-17-34(43(6)7)24(4)49-37)23(3)38(45)33-21-31-29(32(33)22-36(44)51-27)16-15-26-19-28(20-30(26)31)52-42-41(47-9)40(46-8)39(48-11-2)25(5)50-42/h15-16,21,23-32,34-35,37,39-42H,10-14,17-20,22H2,1-9H3/t23-,24-,25+,26-,27+,28-,29-,30-,31-,32+,34+,35+,37+,39+,40-,41-,42+/m1/s1. The number of nitrogens with zero attached hydrogens (tertiary/aromatic N) is 1. The van der Waals surface area contributed by atoms with E-state index in [2.05, 4.69) is 51.1 Å². The molecule has 300 valence electrons. The molecule has 0 aromatic heterocycles. The fraction of sp³-hybridized carbons (Fsp3) is 0.857. The van der Waals surface area contributed by atoms with Gasteiger partial charge in [0.25, 0.3) is 0 Å². The predicted molar refractivity (Wildman–Crippen MR) is 199 cm³/mol. The van der Waals surface area contributed by atoms with Gasteiger partial charge >= 0.3 is 5.97 Å². The molecule has 3 aliphatic carbocycles. The van der Waals surface area contributed by atoms with E-state index in [0.29, 0.717) is 25.0 Å². The first kappa shape index (κ1) is 40.9. The molecule has 4 fully saturated rings. The fourth-order valence-electron chi connectivity index (χ4n) is 10.5. The number of cyclic esters (lactones) is 1. The molecule has 11 nitrogen and oxygen atoms in total. The Kier molecular flexibility index (Phi) is 13.9. The van der Waals surface area contributed by atoms with Crippen LogP contribution in [0.5, 0.6) is 0 Å². The topological polar surface area (TPSA) is 111 Å². The van der Waals surface area contributed by atoms with E-state index in [1.807, 2.05) is 20.8 Å². The van der Waals surface area contributed by atoms with Crippen molar-refractivity contribution in [2.45, 2.75) is 160 Å². The van der Waals surface area contributed by atoms with Crippen molar-refractivity contribution in [2.75, 3.05) is 34.9 Å². The van der Waals surface area contributed by atoms with Gasteiger partial charge in [-0.1, -0.05) is 32.1 Å². The molecular weight excluding hydrogens is 678 g/mol. The van der Waals surface area contributed by atoms with E-state index in [1.165, 1.54) is 0 Å². The van der Waals surface area contributed by atoms with Crippen LogP contribution in [0.1, 0.15) is 92.4 Å². The van der Waals surface area contributed by atoms with Gasteiger partial charge in [0.15, 0.2) is 18.4 Å². The zero-order valence-electron chi connectivity index (χ0n) is 33.6. The Hall–Kier alpha value is -1.70. The quantitative estimate of drug-likeness (QED) is 0.198. The highest BCUT2D eigenvalue weighted by Crippen LogP contribution is 2.54. The maximum atomic E-state index is 14.7. The minimum Gasteiger partial charge on any atom is -0.462 e. The average molecular weight is 746 g/mol. The summed E-state index contributed by atoms with van der Waals surface area (Å²) in [6.07, 6.45) is 10.9. The molecular formula is C42H67NO10. The first-order valence-corrected chi connectivity index (χ1v) is 20.6. The monoisotopic (exact) mass is 745 g/mol. The number of ether oxygens (including phenoxy) is 8. The van der Waals surface area contributed by atoms with Crippen molar-refractivity contribution >= 4 is 11.8 Å². The number of Topliss-reactive ketones (excluding diaryl/α,β-unsaturated/α-hetero) is 1. The van der Waals surface area contributed by atoms with Crippen LogP contribution in [0.2, 0.25) is 0 Å². The maximum absolute atomic E-state index is 14.7. The second kappa shape index (κ2) is 18.0. The van der Waals surface area contributed by atoms with E-state index >= 15 is 0 Å². The van der Waals surface area contributed by atoms with Crippen molar-refractivity contribution in [3.63, 3.8) is 0 Å². The summed E-state index contributed by atoms with van der Waals surface area (Å²) in [6, 6.07) is 0.339. The summed E-state index contributed by atoms with van der Waals surface area (Å²) in [5.74, 6) is 0.0190. The summed E-state index contributed by atoms with van der Waals surface area (Å²) in [5.41, 5.74) is 0.765. The average Bonchev–Trinajstić information content (AvgIpc) is 3.71. The lowest BCUT2D eigenvalue weighted by Crippen LogP contribution is -2.60. The summed E-state index contributed by atoms with van der Waals surface area (Å²) in [7, 11) is 7.52. The molecule has 0 aromatic carbocycles. The first-order chi connectivity index (χ1) is 25.5. The van der Waals surface area contributed by atoms with Crippen LogP contribution in [0.3, 0.4) is 0 Å². The van der Waals surface area contributed by atoms with Gasteiger partial charge in [-0.05, 0) is 115 Å². The molecule has 1 saturated carbocycles. The zero-order valence-corrected chi connectivity index (χ0v) is 33.6. The number of likely N-dealkylation sites (N-methyl/N-ethyl adjacent to an activating group) is 1. The number of fused-ring (bicyclic) bond motifs is 5. The third-order valence-corrected chi connectivity index (χ3v) is 13.3. The number of carbonyl (C=O) groups is 2. The second-order valence-electron chi connectivity index (χ2n) is 16.7. The van der Waals surface area contributed by atoms with E-state index in [0.717, 1.165) is 50.5 Å². The maximum Gasteiger partial charge on any atom is 0.306 e. The Morgan fingerprint density at radius 3 is 2.30 bits per heavy atom. The van der Waals surface area contributed by atoms with Crippen LogP contribution < -0.4 is 0 Å². The van der Waals surface area contributed by atoms with Crippen molar-refractivity contribution in [1.29, 1.82) is 0 Å². The van der Waals surface area contributed by atoms with E-state index in [-0.39, 0.29) is 96.8 Å². The molecule has 11 heteroatoms. The fourth-order valence-corrected chi connectivity index (χ4v) is 10.5. The summed E-state index contributed by atoms with van der Waals surface area (Å²) >= 11 is 0. The molecule has 0 amide bonds. The largest absolute Gasteiger partial charge is 0.462 e. The Morgan fingerprint density at radius 1 is 0.849 bits per heavy atom. The molecule has 3 aliphatic heterocycles. The van der Waals surface area contributed by atoms with Crippen molar-refractivity contribution < 1.29 is 47.5 Å². The Labute approximate surface area is 317 Å². The van der Waals surface area contributed by atoms with Gasteiger partial charge in [0.05, 0.1) is 30.8 Å². The Morgan fingerprint density at radius 2 is 1.62 bits per heavy atom. The lowest BCUT2D eigenvalue weighted by molar-refractivity contribution is -0.316. The van der Waals surface area contributed by atoms with Crippen molar-refractivity contribution in [2.24, 2.45) is 35.5 Å². The van der Waals surface area contributed by atoms with Crippen molar-refractivity contribution in [1.82, 2.24) is 4.90 Å². The minimum absolute atomic E-state index is 0.0377. The number of carbonyl (C=O) groups excluding carboxylic acids is 2. The number of methoxy groups -OCH3 is 2. The van der Waals surface area contributed by atoms with E-state index < -0.39 is 12.4 Å². The van der Waals surface area contributed by atoms with Gasteiger partial charge in [0, 0.05) is 38.7 Å². The van der Waals surface area contributed by atoms with Gasteiger partial charge in [0.2, 0.25) is 0 Å². The molecule has 17 atom stereocenters. The van der Waals surface area contributed by atoms with Gasteiger partial charge in [-0.2, -0.15) is 0 Å². The number of esters is 1. The van der Waals surface area contributed by atoms with Crippen LogP contribution in [0.4, 0.5) is 0 Å². The lowest BCUT2D eigenvalue weighted by Gasteiger charge is -2.44. The number of rotatable bonds is 10. The molecule has 0 aromatic rings. The predicted octanol–water partition coefficient (Wildman–Crippen LogP) is 5.88. The van der Waals surface area contributed by atoms with Gasteiger partial charge in [-0.25, -0.2) is 0 Å². The van der Waals surface area contributed by atoms with Gasteiger partial charge in [-0.3, -0.25) is 9.59 Å². The number of hydrogen-bond donors (Lipinski definition) is 0. The van der Waals surface area contributed by atoms with Gasteiger partial charge in [-0.15, -0.1) is 0 Å². The molecule has 3 heterocycles. The molecule has 6 rings (SSSR count). The SMILES string of the molecule is CCO[C@@H]1[C@@H](OC)[C@@H](OC)[C@H](O[C@H]2C[C@H]3[C@@H]4C=C5C(=O)[C@H](C)[C@@H](O[C@H]6CC[C@H](N(C)C)[C@@H](C)O6)CCC[C@H](CC)OC(=O)C[C@H]5[C@@H]4C=C[C@@H]3C2)O[C@H]1C. The molecule has 0 spiro atoms. The van der Waals surface area contributed by atoms with Crippen LogP contribution in [-0.2, 0) is 47.5 Å². The van der Waals surface area contributed by atoms with Gasteiger partial charge in [0.1, 0.15) is 24.4 Å². The molecule has 3 saturated heterocycles. The minimum atomic E-state index is -0.593. The van der Waals surface area contributed by atoms with Crippen LogP contribution >= 0.6 is 0 Å². The normalized spacial score (nSPS) is 45.1. The molecule has 0 radical (unpaired) electrons. The molecule has 0 unspecified atom stereocenters. The molecule has 6 aliphatic rings. The van der Waals surface area contributed by atoms with E-state index in [4.69, 9.17) is 37.9 Å². The highest BCUT2D eigenvalue weighted by molar-refractivity contribution is 5.99. The highest BCUT2D eigenvalue weighted by atomic mass is 16.7. The summed E-state index contributed by atoms with van der Waals surface area (Å²) < 4.78 is 50.1. The first-order valence-electron chi connectivity index (χ1n) is 20.6. The summed E-state index contributed by atoms with van der Waals surface area (Å²) in [4.78, 5) is 30.4. The Bertz CT molecular complexity index is 1300. The number of ketones is 1. The van der Waals surface area contributed by atoms with Crippen molar-refractivity contribution in [3.05, 3.63) is 23.8 Å². The number of allylic oxidation sites excluding steroid dienone is 4. The third-order valence-electron chi connectivity index (χ3n) is 13.3. The van der Waals surface area contributed by atoms with E-state index in [1.54, 1.807) is 14.2 Å². The lowest BCUT2D eigenvalue weighted by atomic mass is 9.70. The second-order valence-corrected chi connectivity index (χ2v) is 16.7. The molecule has 53 heavy (non-hydrogen) atoms. The van der Waals surface area contributed by atoms with Crippen LogP contribution in [-0.4, -0.2) is 119 Å². The van der Waals surface area contributed by atoms with Crippen molar-refractivity contribution in [3.8, 4) is 0 Å². The zero-order chi connectivity index (χ0) is 38.0. The summed E-state index contributed by atoms with van der Waals surface area (Å²) in [5, 5.41) is 0. The molecule has 0 N–H and O–H groups in total. The molecule has 0 bridgehead atoms. The third kappa shape index (κ3) is 8.83. The van der Waals surface area contributed by atoms with Crippen LogP contribution in [0.15, 0.2) is 23.8 Å². The van der Waals surface area contributed by atoms with Crippen LogP contribution in [0.25, 0.3) is 0 Å². The van der Waals surface area contributed by atoms with Gasteiger partial charge < -0.3 is 42.8 Å².